The van der Waals surface area contributed by atoms with Crippen molar-refractivity contribution in [2.24, 2.45) is 0 Å². The summed E-state index contributed by atoms with van der Waals surface area (Å²) in [6.45, 7) is 27.1. The molecule has 756 valence electrons. The minimum absolute atomic E-state index is 0.0558. The molecule has 30 unspecified atom stereocenters. The summed E-state index contributed by atoms with van der Waals surface area (Å²) in [5.74, 6) is -5.96. The second-order valence-corrected chi connectivity index (χ2v) is 46.1. The summed E-state index contributed by atoms with van der Waals surface area (Å²) in [5.41, 5.74) is 1.19. The lowest BCUT2D eigenvalue weighted by Gasteiger charge is -2.22. The molecular weight excluding hydrogens is 1940 g/mol. The quantitative estimate of drug-likeness (QED) is 0.0208. The van der Waals surface area contributed by atoms with Gasteiger partial charge in [-0.3, -0.25) is 41.3 Å². The van der Waals surface area contributed by atoms with Crippen LogP contribution in [0, 0.1) is 0 Å². The van der Waals surface area contributed by atoms with Crippen LogP contribution < -0.4 is 14.2 Å². The van der Waals surface area contributed by atoms with E-state index in [2.05, 4.69) is 53.6 Å². The maximum absolute atomic E-state index is 11.9. The molecule has 0 saturated carbocycles. The van der Waals surface area contributed by atoms with Gasteiger partial charge in [0.15, 0.2) is 18.3 Å². The van der Waals surface area contributed by atoms with Gasteiger partial charge < -0.3 is 85.3 Å². The van der Waals surface area contributed by atoms with E-state index in [-0.39, 0.29) is 109 Å². The van der Waals surface area contributed by atoms with Crippen LogP contribution in [-0.2, 0) is 216 Å². The Morgan fingerprint density at radius 1 is 0.279 bits per heavy atom. The maximum atomic E-state index is 11.9. The van der Waals surface area contributed by atoms with E-state index in [0.717, 1.165) is 12.2 Å². The number of fused-ring (bicyclic) bond motifs is 6. The van der Waals surface area contributed by atoms with Crippen LogP contribution in [0.4, 0.5) is 0 Å². The molecule has 18 fully saturated rings. The van der Waals surface area contributed by atoms with E-state index in [1.165, 1.54) is 13.8 Å². The van der Waals surface area contributed by atoms with Crippen LogP contribution in [0.25, 0.3) is 0 Å². The maximum Gasteiger partial charge on any atom is 0.333 e. The van der Waals surface area contributed by atoms with Crippen LogP contribution in [0.1, 0.15) is 143 Å². The van der Waals surface area contributed by atoms with Crippen molar-refractivity contribution >= 4 is 132 Å². The lowest BCUT2D eigenvalue weighted by Crippen LogP contribution is -2.45. The summed E-state index contributed by atoms with van der Waals surface area (Å²) in [6.07, 6.45) is -5.01. The molecule has 0 amide bonds. The minimum atomic E-state index is -3.62. The van der Waals surface area contributed by atoms with E-state index in [4.69, 9.17) is 97.8 Å². The molecule has 18 aliphatic rings. The Balaban J connectivity index is 0.000000138. The molecule has 18 saturated heterocycles. The van der Waals surface area contributed by atoms with Crippen molar-refractivity contribution in [2.45, 2.75) is 321 Å². The van der Waals surface area contributed by atoms with Gasteiger partial charge in [0.2, 0.25) is 30.1 Å². The molecule has 3 N–H and O–H groups in total. The highest BCUT2D eigenvalue weighted by Crippen LogP contribution is 2.52. The summed E-state index contributed by atoms with van der Waals surface area (Å²) >= 11 is 0. The van der Waals surface area contributed by atoms with Gasteiger partial charge in [-0.1, -0.05) is 39.5 Å². The van der Waals surface area contributed by atoms with Gasteiger partial charge in [-0.2, -0.15) is 25.3 Å². The molecule has 0 aromatic heterocycles. The lowest BCUT2D eigenvalue weighted by atomic mass is 9.93. The molecule has 18 rings (SSSR count). The van der Waals surface area contributed by atoms with Gasteiger partial charge in [-0.05, 0) is 105 Å². The first-order chi connectivity index (χ1) is 64.0. The molecule has 18 aliphatic heterocycles. The van der Waals surface area contributed by atoms with Crippen molar-refractivity contribution < 1.29 is 206 Å². The van der Waals surface area contributed by atoms with Gasteiger partial charge >= 0.3 is 71.6 Å². The highest BCUT2D eigenvalue weighted by molar-refractivity contribution is 7.91. The molecule has 12 bridgehead atoms. The topological polar surface area (TPSA) is 640 Å². The largest absolute Gasteiger partial charge is 0.463 e. The normalized spacial score (nSPS) is 36.3. The van der Waals surface area contributed by atoms with E-state index in [9.17, 15) is 108 Å². The van der Waals surface area contributed by atoms with E-state index in [1.54, 1.807) is 13.8 Å². The summed E-state index contributed by atoms with van der Waals surface area (Å²) in [5, 5.41) is -3.53. The van der Waals surface area contributed by atoms with Crippen LogP contribution in [0.2, 0.25) is 0 Å². The minimum Gasteiger partial charge on any atom is -0.463 e. The van der Waals surface area contributed by atoms with Crippen molar-refractivity contribution in [3.05, 3.63) is 73.9 Å². The fraction of sp³-hybridized carbons (Fsp3) is 0.707. The van der Waals surface area contributed by atoms with Gasteiger partial charge in [-0.25, -0.2) is 68.2 Å². The fourth-order valence-corrected chi connectivity index (χ4v) is 29.3. The monoisotopic (exact) mass is 2050 g/mol. The standard InChI is InChI=1S/2C14H19NO7S.2C14H18O8S.C13H17NO7S.C13H16O8S/c2*1-7(2)14(17)20-5-3-4-10(16)22-12-8-6-9-13(21-8)11(12)15-23(9,18)19;2*1-7(2)14(16)19-5-3-4-10(15)21-11-8-6-9-12(20-8)13(11)22-23(9,17)18;1-2-9(15)19-5-3-4-10(16)21-12-7-6-8-13(20-7)11(12)14-22(8,17)18;1-2-9(14)18-5-3-4-10(15)20-11-7-6-8-12(19-7)13(11)21-22(8,16)17/h2*8-9,11-13,15H,1,3-6H2,2H3;2*8-9,11-13H,1,3-6H2,2H3;2,7-8,11-14H,1,3-6H2;2,7-8,11-13H,1,3-6H2. The van der Waals surface area contributed by atoms with Crippen molar-refractivity contribution in [3.63, 3.8) is 0 Å². The van der Waals surface area contributed by atoms with Crippen molar-refractivity contribution in [1.82, 2.24) is 14.2 Å². The Bertz CT molecular complexity index is 4920. The third kappa shape index (κ3) is 23.5. The Labute approximate surface area is 782 Å². The number of esters is 12. The predicted molar refractivity (Wildman–Crippen MR) is 451 cm³/mol. The van der Waals surface area contributed by atoms with Gasteiger partial charge in [0, 0.05) is 73.0 Å². The molecule has 0 aliphatic carbocycles. The average Bonchev–Trinajstić information content (AvgIpc) is 1.59. The number of ether oxygens (including phenoxy) is 18. The number of carbonyl (C=O) groups is 12. The molecule has 0 radical (unpaired) electrons. The average molecular weight is 2050 g/mol. The molecular formula is C82H107N3O45S6. The number of carbonyl (C=O) groups excluding carboxylic acids is 12. The zero-order valence-electron chi connectivity index (χ0n) is 74.0. The molecule has 0 spiro atoms. The number of rotatable bonds is 36. The van der Waals surface area contributed by atoms with Gasteiger partial charge in [0.1, 0.15) is 86.4 Å². The third-order valence-electron chi connectivity index (χ3n) is 25.1. The van der Waals surface area contributed by atoms with Crippen molar-refractivity contribution in [3.8, 4) is 0 Å². The summed E-state index contributed by atoms with van der Waals surface area (Å²) < 4.78 is 258. The molecule has 48 nitrogen and oxygen atoms in total. The van der Waals surface area contributed by atoms with Crippen LogP contribution in [0.15, 0.2) is 73.9 Å². The van der Waals surface area contributed by atoms with Crippen LogP contribution in [0.3, 0.4) is 0 Å². The van der Waals surface area contributed by atoms with Gasteiger partial charge in [0.25, 0.3) is 30.4 Å². The fourth-order valence-electron chi connectivity index (χ4n) is 18.8. The van der Waals surface area contributed by atoms with Crippen LogP contribution in [0.5, 0.6) is 0 Å². The van der Waals surface area contributed by atoms with E-state index in [0.29, 0.717) is 86.5 Å². The molecule has 136 heavy (non-hydrogen) atoms. The smallest absolute Gasteiger partial charge is 0.333 e. The highest BCUT2D eigenvalue weighted by Gasteiger charge is 2.72. The van der Waals surface area contributed by atoms with Gasteiger partial charge in [0.05, 0.1) is 113 Å². The molecule has 54 heteroatoms. The summed E-state index contributed by atoms with van der Waals surface area (Å²) in [6, 6.07) is -1.47. The third-order valence-corrected chi connectivity index (χ3v) is 35.7. The number of hydrogen-bond acceptors (Lipinski definition) is 45. The number of sulfonamides is 3. The Morgan fingerprint density at radius 2 is 0.471 bits per heavy atom. The van der Waals surface area contributed by atoms with Crippen LogP contribution >= 0.6 is 0 Å². The Morgan fingerprint density at radius 3 is 0.684 bits per heavy atom. The second-order valence-electron chi connectivity index (χ2n) is 35.0. The second kappa shape index (κ2) is 42.8. The first-order valence-electron chi connectivity index (χ1n) is 43.8. The van der Waals surface area contributed by atoms with Crippen molar-refractivity contribution in [1.29, 1.82) is 0 Å². The highest BCUT2D eigenvalue weighted by atomic mass is 32.2. The van der Waals surface area contributed by atoms with Crippen molar-refractivity contribution in [2.75, 3.05) is 39.6 Å². The Hall–Kier alpha value is -8.70. The summed E-state index contributed by atoms with van der Waals surface area (Å²) in [7, 11) is -21.0. The van der Waals surface area contributed by atoms with E-state index in [1.807, 2.05) is 0 Å². The first kappa shape index (κ1) is 105. The zero-order valence-corrected chi connectivity index (χ0v) is 78.9. The zero-order chi connectivity index (χ0) is 98.9. The SMILES string of the molecule is C=C(C)C(=O)OCCCC(=O)OC1C2CC3C(O2)C1NS3(=O)=O.C=C(C)C(=O)OCCCC(=O)OC1C2CC3C(O2)C1NS3(=O)=O.C=C(C)C(=O)OCCCC(=O)OC1C2CC3C(O2)C1OS3(=O)=O.C=C(C)C(=O)OCCCC(=O)OC1C2CC3C(O2)C1OS3(=O)=O.C=CC(=O)OCCCC(=O)OC1C2CC3C(O2)C1NS3(=O)=O.C=CC(=O)OCCCC(=O)OC1C2CC3C(O2)C1OS3(=O)=O. The summed E-state index contributed by atoms with van der Waals surface area (Å²) in [4.78, 5) is 137. The van der Waals surface area contributed by atoms with Crippen LogP contribution in [-0.4, -0.2) is 340 Å². The number of nitrogens with one attached hydrogen (secondary N) is 3. The molecule has 30 atom stereocenters. The molecule has 0 aromatic carbocycles. The molecule has 18 heterocycles. The first-order valence-corrected chi connectivity index (χ1v) is 52.9. The predicted octanol–water partition coefficient (Wildman–Crippen LogP) is -1.67. The van der Waals surface area contributed by atoms with E-state index < -0.39 is 292 Å². The lowest BCUT2D eigenvalue weighted by molar-refractivity contribution is -0.156. The van der Waals surface area contributed by atoms with E-state index >= 15 is 0 Å². The molecule has 0 aromatic rings. The Kier molecular flexibility index (Phi) is 32.9. The van der Waals surface area contributed by atoms with Gasteiger partial charge in [-0.15, -0.1) is 0 Å². The number of hydrogen-bond donors (Lipinski definition) is 3.